The molecule has 0 fully saturated rings. The van der Waals surface area contributed by atoms with E-state index in [1.807, 2.05) is 0 Å². The summed E-state index contributed by atoms with van der Waals surface area (Å²) in [5.74, 6) is -0.542. The average Bonchev–Trinajstić information content (AvgIpc) is 3.16. The molecule has 1 aromatic carbocycles. The van der Waals surface area contributed by atoms with Gasteiger partial charge in [0, 0.05) is 31.3 Å². The van der Waals surface area contributed by atoms with Gasteiger partial charge in [-0.3, -0.25) is 0 Å². The number of esters is 1. The molecule has 0 saturated carbocycles. The van der Waals surface area contributed by atoms with Crippen LogP contribution in [0.1, 0.15) is 34.4 Å². The lowest BCUT2D eigenvalue weighted by Crippen LogP contribution is -2.35. The maximum atomic E-state index is 12.7. The number of nitrogens with one attached hydrogen (secondary N) is 1. The van der Waals surface area contributed by atoms with Crippen LogP contribution in [0.2, 0.25) is 0 Å². The number of nitrogens with zero attached hydrogens (tertiary/aromatic N) is 2. The Morgan fingerprint density at radius 2 is 1.93 bits per heavy atom. The highest BCUT2D eigenvalue weighted by Crippen LogP contribution is 2.29. The number of benzene rings is 1. The number of ether oxygens (including phenoxy) is 2. The van der Waals surface area contributed by atoms with Gasteiger partial charge >= 0.3 is 18.2 Å². The molecule has 0 atom stereocenters. The molecule has 7 nitrogen and oxygen atoms in total. The Bertz CT molecular complexity index is 840. The van der Waals surface area contributed by atoms with E-state index in [2.05, 4.69) is 10.3 Å². The highest BCUT2D eigenvalue weighted by Gasteiger charge is 2.30. The Morgan fingerprint density at radius 3 is 2.53 bits per heavy atom. The van der Waals surface area contributed by atoms with Crippen molar-refractivity contribution in [1.82, 2.24) is 9.88 Å². The van der Waals surface area contributed by atoms with E-state index in [1.54, 1.807) is 19.4 Å². The van der Waals surface area contributed by atoms with Crippen molar-refractivity contribution in [3.63, 3.8) is 0 Å². The molecule has 30 heavy (non-hydrogen) atoms. The predicted octanol–water partition coefficient (Wildman–Crippen LogP) is 4.41. The number of carbonyl (C=O) groups excluding carboxylic acids is 2. The SMILES string of the molecule is CCOC(=O)c1csc(CN(CCCOC)C(=O)Nc2ccc(C(F)(F)F)cc2)n1. The van der Waals surface area contributed by atoms with E-state index >= 15 is 0 Å². The first kappa shape index (κ1) is 23.6. The average molecular weight is 445 g/mol. The van der Waals surface area contributed by atoms with Crippen molar-refractivity contribution in [2.45, 2.75) is 26.1 Å². The molecular weight excluding hydrogens is 423 g/mol. The first-order valence-electron chi connectivity index (χ1n) is 9.08. The Labute approximate surface area is 175 Å². The van der Waals surface area contributed by atoms with Crippen molar-refractivity contribution < 1.29 is 32.2 Å². The van der Waals surface area contributed by atoms with Crippen LogP contribution in [0, 0.1) is 0 Å². The summed E-state index contributed by atoms with van der Waals surface area (Å²) in [4.78, 5) is 30.1. The number of amides is 2. The van der Waals surface area contributed by atoms with Crippen molar-refractivity contribution in [3.05, 3.63) is 45.9 Å². The van der Waals surface area contributed by atoms with E-state index in [4.69, 9.17) is 9.47 Å². The number of thiazole rings is 1. The zero-order chi connectivity index (χ0) is 22.1. The van der Waals surface area contributed by atoms with E-state index in [1.165, 1.54) is 28.4 Å². The quantitative estimate of drug-likeness (QED) is 0.457. The first-order chi connectivity index (χ1) is 14.2. The summed E-state index contributed by atoms with van der Waals surface area (Å²) in [5.41, 5.74) is -0.403. The van der Waals surface area contributed by atoms with Gasteiger partial charge in [-0.2, -0.15) is 13.2 Å². The second-order valence-electron chi connectivity index (χ2n) is 6.12. The molecular formula is C19H22F3N3O4S. The number of hydrogen-bond donors (Lipinski definition) is 1. The molecule has 0 radical (unpaired) electrons. The number of urea groups is 1. The van der Waals surface area contributed by atoms with E-state index in [-0.39, 0.29) is 24.5 Å². The molecule has 0 spiro atoms. The molecule has 164 valence electrons. The Morgan fingerprint density at radius 1 is 1.23 bits per heavy atom. The standard InChI is InChI=1S/C19H22F3N3O4S/c1-3-29-17(26)15-12-30-16(24-15)11-25(9-4-10-28-2)18(27)23-14-7-5-13(6-8-14)19(20,21)22/h5-8,12H,3-4,9-11H2,1-2H3,(H,23,27). The molecule has 2 aromatic rings. The van der Waals surface area contributed by atoms with Gasteiger partial charge in [0.1, 0.15) is 5.01 Å². The summed E-state index contributed by atoms with van der Waals surface area (Å²) in [6.45, 7) is 2.80. The molecule has 2 rings (SSSR count). The van der Waals surface area contributed by atoms with Crippen LogP contribution < -0.4 is 5.32 Å². The maximum Gasteiger partial charge on any atom is 0.416 e. The monoisotopic (exact) mass is 445 g/mol. The topological polar surface area (TPSA) is 80.8 Å². The third kappa shape index (κ3) is 6.99. The number of aromatic nitrogens is 1. The summed E-state index contributed by atoms with van der Waals surface area (Å²) in [6.07, 6.45) is -3.90. The van der Waals surface area contributed by atoms with Crippen LogP contribution in [0.5, 0.6) is 0 Å². The maximum absolute atomic E-state index is 12.7. The summed E-state index contributed by atoms with van der Waals surface area (Å²) >= 11 is 1.21. The Hall–Kier alpha value is -2.66. The van der Waals surface area contributed by atoms with Crippen LogP contribution in [-0.4, -0.2) is 48.8 Å². The smallest absolute Gasteiger partial charge is 0.416 e. The molecule has 2 amide bonds. The minimum atomic E-state index is -4.45. The van der Waals surface area contributed by atoms with Crippen LogP contribution in [0.3, 0.4) is 0 Å². The highest BCUT2D eigenvalue weighted by molar-refractivity contribution is 7.09. The van der Waals surface area contributed by atoms with Gasteiger partial charge in [0.2, 0.25) is 0 Å². The molecule has 0 aliphatic carbocycles. The van der Waals surface area contributed by atoms with Crippen LogP contribution in [-0.2, 0) is 22.2 Å². The normalized spacial score (nSPS) is 11.2. The molecule has 0 aliphatic rings. The molecule has 0 aliphatic heterocycles. The van der Waals surface area contributed by atoms with Crippen LogP contribution in [0.4, 0.5) is 23.7 Å². The molecule has 0 unspecified atom stereocenters. The third-order valence-corrected chi connectivity index (χ3v) is 4.72. The van der Waals surface area contributed by atoms with Crippen molar-refractivity contribution >= 4 is 29.0 Å². The number of hydrogen-bond acceptors (Lipinski definition) is 6. The van der Waals surface area contributed by atoms with E-state index in [9.17, 15) is 22.8 Å². The lowest BCUT2D eigenvalue weighted by molar-refractivity contribution is -0.137. The second-order valence-corrected chi connectivity index (χ2v) is 7.06. The van der Waals surface area contributed by atoms with Gasteiger partial charge < -0.3 is 19.7 Å². The van der Waals surface area contributed by atoms with E-state index < -0.39 is 23.7 Å². The molecule has 0 saturated heterocycles. The minimum absolute atomic E-state index is 0.125. The number of alkyl halides is 3. The Kier molecular flexibility index (Phi) is 8.60. The van der Waals surface area contributed by atoms with Gasteiger partial charge in [0.25, 0.3) is 0 Å². The lowest BCUT2D eigenvalue weighted by Gasteiger charge is -2.22. The lowest BCUT2D eigenvalue weighted by atomic mass is 10.2. The van der Waals surface area contributed by atoms with Gasteiger partial charge in [0.05, 0.1) is 18.7 Å². The fraction of sp³-hybridized carbons (Fsp3) is 0.421. The summed E-state index contributed by atoms with van der Waals surface area (Å²) in [6, 6.07) is 3.68. The summed E-state index contributed by atoms with van der Waals surface area (Å²) < 4.78 is 48.0. The Balaban J connectivity index is 2.07. The molecule has 1 N–H and O–H groups in total. The van der Waals surface area contributed by atoms with Crippen molar-refractivity contribution in [1.29, 1.82) is 0 Å². The zero-order valence-electron chi connectivity index (χ0n) is 16.5. The van der Waals surface area contributed by atoms with E-state index in [0.717, 1.165) is 12.1 Å². The van der Waals surface area contributed by atoms with Crippen molar-refractivity contribution in [3.8, 4) is 0 Å². The first-order valence-corrected chi connectivity index (χ1v) is 9.96. The van der Waals surface area contributed by atoms with Crippen LogP contribution in [0.15, 0.2) is 29.6 Å². The van der Waals surface area contributed by atoms with Gasteiger partial charge in [-0.25, -0.2) is 14.6 Å². The number of anilines is 1. The van der Waals surface area contributed by atoms with Gasteiger partial charge in [-0.1, -0.05) is 0 Å². The van der Waals surface area contributed by atoms with Crippen LogP contribution in [0.25, 0.3) is 0 Å². The highest BCUT2D eigenvalue weighted by atomic mass is 32.1. The third-order valence-electron chi connectivity index (χ3n) is 3.89. The van der Waals surface area contributed by atoms with Crippen molar-refractivity contribution in [2.24, 2.45) is 0 Å². The molecule has 1 heterocycles. The summed E-state index contributed by atoms with van der Waals surface area (Å²) in [7, 11) is 1.54. The van der Waals surface area contributed by atoms with Gasteiger partial charge in [-0.05, 0) is 37.6 Å². The molecule has 11 heteroatoms. The predicted molar refractivity (Wildman–Crippen MR) is 105 cm³/mol. The van der Waals surface area contributed by atoms with E-state index in [0.29, 0.717) is 24.6 Å². The van der Waals surface area contributed by atoms with Crippen molar-refractivity contribution in [2.75, 3.05) is 32.2 Å². The number of halogens is 3. The molecule has 0 bridgehead atoms. The van der Waals surface area contributed by atoms with Gasteiger partial charge in [-0.15, -0.1) is 11.3 Å². The number of rotatable bonds is 9. The zero-order valence-corrected chi connectivity index (χ0v) is 17.3. The number of methoxy groups -OCH3 is 1. The largest absolute Gasteiger partial charge is 0.461 e. The molecule has 1 aromatic heterocycles. The minimum Gasteiger partial charge on any atom is -0.461 e. The van der Waals surface area contributed by atoms with Crippen LogP contribution >= 0.6 is 11.3 Å². The summed E-state index contributed by atoms with van der Waals surface area (Å²) in [5, 5.41) is 4.66. The fourth-order valence-electron chi connectivity index (χ4n) is 2.44. The fourth-order valence-corrected chi connectivity index (χ4v) is 3.22. The van der Waals surface area contributed by atoms with Gasteiger partial charge in [0.15, 0.2) is 5.69 Å². The number of carbonyl (C=O) groups is 2. The second kappa shape index (κ2) is 10.9.